The van der Waals surface area contributed by atoms with Crippen molar-refractivity contribution in [3.05, 3.63) is 69.1 Å². The zero-order valence-corrected chi connectivity index (χ0v) is 14.9. The second kappa shape index (κ2) is 6.51. The lowest BCUT2D eigenvalue weighted by Crippen LogP contribution is -2.24. The van der Waals surface area contributed by atoms with Gasteiger partial charge in [0.05, 0.1) is 5.39 Å². The van der Waals surface area contributed by atoms with Crippen molar-refractivity contribution in [1.29, 1.82) is 0 Å². The van der Waals surface area contributed by atoms with E-state index in [-0.39, 0.29) is 11.0 Å². The summed E-state index contributed by atoms with van der Waals surface area (Å²) in [5, 5.41) is 3.28. The fraction of sp³-hybridized carbons (Fsp3) is 0.250. The number of carbonyl (C=O) groups excluding carboxylic acids is 1. The van der Waals surface area contributed by atoms with E-state index in [1.807, 2.05) is 50.5 Å². The van der Waals surface area contributed by atoms with Gasteiger partial charge >= 0.3 is 0 Å². The molecule has 0 aliphatic carbocycles. The highest BCUT2D eigenvalue weighted by atomic mass is 16.2. The molecule has 5 nitrogen and oxygen atoms in total. The van der Waals surface area contributed by atoms with Crippen LogP contribution in [-0.4, -0.2) is 15.5 Å². The second-order valence-electron chi connectivity index (χ2n) is 6.23. The van der Waals surface area contributed by atoms with Gasteiger partial charge in [-0.25, -0.2) is 4.98 Å². The molecule has 1 amide bonds. The summed E-state index contributed by atoms with van der Waals surface area (Å²) in [4.78, 5) is 29.9. The number of carbonyl (C=O) groups is 1. The number of hydrogen-bond donors (Lipinski definition) is 1. The Balaban J connectivity index is 2.07. The SMILES string of the molecule is CCn1cc(C(=O)Nc2ccc(C)c(C)c2)c(=O)c2ccc(C)nc21. The fourth-order valence-electron chi connectivity index (χ4n) is 2.78. The Kier molecular flexibility index (Phi) is 4.40. The van der Waals surface area contributed by atoms with Gasteiger partial charge in [0.25, 0.3) is 5.91 Å². The monoisotopic (exact) mass is 335 g/mol. The number of benzene rings is 1. The molecule has 5 heteroatoms. The van der Waals surface area contributed by atoms with E-state index in [0.29, 0.717) is 23.3 Å². The van der Waals surface area contributed by atoms with Crippen LogP contribution < -0.4 is 10.7 Å². The molecule has 3 aromatic rings. The van der Waals surface area contributed by atoms with Gasteiger partial charge in [-0.05, 0) is 63.1 Å². The summed E-state index contributed by atoms with van der Waals surface area (Å²) in [5.74, 6) is -0.405. The van der Waals surface area contributed by atoms with Crippen LogP contribution in [-0.2, 0) is 6.54 Å². The second-order valence-corrected chi connectivity index (χ2v) is 6.23. The standard InChI is InChI=1S/C20H21N3O2/c1-5-23-11-17(18(24)16-9-7-14(4)21-19(16)23)20(25)22-15-8-6-12(2)13(3)10-15/h6-11H,5H2,1-4H3,(H,22,25). The molecular weight excluding hydrogens is 314 g/mol. The number of nitrogens with one attached hydrogen (secondary N) is 1. The molecule has 0 aliphatic heterocycles. The summed E-state index contributed by atoms with van der Waals surface area (Å²) in [6, 6.07) is 9.21. The van der Waals surface area contributed by atoms with Crippen LogP contribution in [0.25, 0.3) is 11.0 Å². The molecule has 0 aliphatic rings. The maximum absolute atomic E-state index is 12.7. The van der Waals surface area contributed by atoms with E-state index >= 15 is 0 Å². The predicted molar refractivity (Wildman–Crippen MR) is 100 cm³/mol. The minimum Gasteiger partial charge on any atom is -0.332 e. The molecule has 0 radical (unpaired) electrons. The Morgan fingerprint density at radius 3 is 2.56 bits per heavy atom. The van der Waals surface area contributed by atoms with Crippen LogP contribution in [0.4, 0.5) is 5.69 Å². The molecule has 0 saturated heterocycles. The van der Waals surface area contributed by atoms with Crippen molar-refractivity contribution < 1.29 is 4.79 Å². The number of rotatable bonds is 3. The predicted octanol–water partition coefficient (Wildman–Crippen LogP) is 3.59. The molecule has 1 N–H and O–H groups in total. The zero-order chi connectivity index (χ0) is 18.1. The lowest BCUT2D eigenvalue weighted by Gasteiger charge is -2.12. The minimum absolute atomic E-state index is 0.123. The third kappa shape index (κ3) is 3.18. The zero-order valence-electron chi connectivity index (χ0n) is 14.9. The van der Waals surface area contributed by atoms with E-state index in [4.69, 9.17) is 0 Å². The highest BCUT2D eigenvalue weighted by Crippen LogP contribution is 2.16. The minimum atomic E-state index is -0.405. The Morgan fingerprint density at radius 1 is 1.12 bits per heavy atom. The normalized spacial score (nSPS) is 10.9. The van der Waals surface area contributed by atoms with E-state index < -0.39 is 5.91 Å². The molecule has 2 aromatic heterocycles. The smallest absolute Gasteiger partial charge is 0.261 e. The van der Waals surface area contributed by atoms with Crippen molar-refractivity contribution in [3.8, 4) is 0 Å². The van der Waals surface area contributed by atoms with Gasteiger partial charge in [0.1, 0.15) is 11.2 Å². The fourth-order valence-corrected chi connectivity index (χ4v) is 2.78. The molecule has 0 saturated carbocycles. The Bertz CT molecular complexity index is 1040. The van der Waals surface area contributed by atoms with Crippen LogP contribution in [0.5, 0.6) is 0 Å². The molecule has 0 bridgehead atoms. The summed E-state index contributed by atoms with van der Waals surface area (Å²) in [5.41, 5.74) is 4.18. The summed E-state index contributed by atoms with van der Waals surface area (Å²) in [7, 11) is 0. The number of amides is 1. The lowest BCUT2D eigenvalue weighted by molar-refractivity contribution is 0.102. The first-order valence-electron chi connectivity index (χ1n) is 8.30. The van der Waals surface area contributed by atoms with Crippen LogP contribution in [0.1, 0.15) is 34.1 Å². The molecular formula is C20H21N3O2. The third-order valence-corrected chi connectivity index (χ3v) is 4.41. The van der Waals surface area contributed by atoms with Gasteiger partial charge in [-0.3, -0.25) is 9.59 Å². The van der Waals surface area contributed by atoms with E-state index in [1.54, 1.807) is 18.3 Å². The number of hydrogen-bond acceptors (Lipinski definition) is 3. The first-order chi connectivity index (χ1) is 11.9. The van der Waals surface area contributed by atoms with Crippen molar-refractivity contribution in [1.82, 2.24) is 9.55 Å². The summed E-state index contributed by atoms with van der Waals surface area (Å²) < 4.78 is 1.83. The number of nitrogens with zero attached hydrogens (tertiary/aromatic N) is 2. The Hall–Kier alpha value is -2.95. The average molecular weight is 335 g/mol. The molecule has 1 aromatic carbocycles. The van der Waals surface area contributed by atoms with E-state index in [2.05, 4.69) is 10.3 Å². The Morgan fingerprint density at radius 2 is 1.88 bits per heavy atom. The van der Waals surface area contributed by atoms with Crippen LogP contribution in [0.15, 0.2) is 41.3 Å². The quantitative estimate of drug-likeness (QED) is 0.795. The molecule has 25 heavy (non-hydrogen) atoms. The van der Waals surface area contributed by atoms with E-state index in [0.717, 1.165) is 16.8 Å². The molecule has 3 rings (SSSR count). The molecule has 0 fully saturated rings. The summed E-state index contributed by atoms with van der Waals surface area (Å²) in [6.45, 7) is 8.46. The number of pyridine rings is 2. The average Bonchev–Trinajstić information content (AvgIpc) is 2.58. The molecule has 0 spiro atoms. The van der Waals surface area contributed by atoms with Gasteiger partial charge < -0.3 is 9.88 Å². The van der Waals surface area contributed by atoms with Crippen LogP contribution in [0.2, 0.25) is 0 Å². The van der Waals surface area contributed by atoms with Crippen LogP contribution in [0, 0.1) is 20.8 Å². The molecule has 0 unspecified atom stereocenters. The summed E-state index contributed by atoms with van der Waals surface area (Å²) in [6.07, 6.45) is 1.59. The van der Waals surface area contributed by atoms with Crippen LogP contribution in [0.3, 0.4) is 0 Å². The van der Waals surface area contributed by atoms with Gasteiger partial charge in [0.15, 0.2) is 0 Å². The largest absolute Gasteiger partial charge is 0.332 e. The molecule has 128 valence electrons. The van der Waals surface area contributed by atoms with Crippen molar-refractivity contribution in [2.75, 3.05) is 5.32 Å². The van der Waals surface area contributed by atoms with Crippen molar-refractivity contribution in [2.24, 2.45) is 0 Å². The van der Waals surface area contributed by atoms with Crippen molar-refractivity contribution in [2.45, 2.75) is 34.2 Å². The molecule has 2 heterocycles. The topological polar surface area (TPSA) is 64.0 Å². The summed E-state index contributed by atoms with van der Waals surface area (Å²) >= 11 is 0. The van der Waals surface area contributed by atoms with E-state index in [1.165, 1.54) is 0 Å². The highest BCUT2D eigenvalue weighted by molar-refractivity contribution is 6.05. The van der Waals surface area contributed by atoms with Crippen molar-refractivity contribution in [3.63, 3.8) is 0 Å². The maximum Gasteiger partial charge on any atom is 0.261 e. The van der Waals surface area contributed by atoms with Gasteiger partial charge in [-0.1, -0.05) is 6.07 Å². The van der Waals surface area contributed by atoms with E-state index in [9.17, 15) is 9.59 Å². The van der Waals surface area contributed by atoms with Crippen molar-refractivity contribution >= 4 is 22.6 Å². The van der Waals surface area contributed by atoms with Gasteiger partial charge in [0, 0.05) is 24.1 Å². The third-order valence-electron chi connectivity index (χ3n) is 4.41. The first kappa shape index (κ1) is 16.9. The maximum atomic E-state index is 12.7. The first-order valence-corrected chi connectivity index (χ1v) is 8.30. The number of aryl methyl sites for hydroxylation is 4. The van der Waals surface area contributed by atoms with Crippen LogP contribution >= 0.6 is 0 Å². The number of aromatic nitrogens is 2. The number of fused-ring (bicyclic) bond motifs is 1. The molecule has 0 atom stereocenters. The lowest BCUT2D eigenvalue weighted by atomic mass is 10.1. The van der Waals surface area contributed by atoms with Gasteiger partial charge in [-0.15, -0.1) is 0 Å². The highest BCUT2D eigenvalue weighted by Gasteiger charge is 2.16. The van der Waals surface area contributed by atoms with Gasteiger partial charge in [0.2, 0.25) is 5.43 Å². The Labute approximate surface area is 146 Å². The number of anilines is 1. The van der Waals surface area contributed by atoms with Gasteiger partial charge in [-0.2, -0.15) is 0 Å².